The monoisotopic (exact) mass is 403 g/mol. The van der Waals surface area contributed by atoms with Crippen molar-refractivity contribution in [3.63, 3.8) is 0 Å². The summed E-state index contributed by atoms with van der Waals surface area (Å²) in [5.74, 6) is -3.80. The normalized spacial score (nSPS) is 10.2. The van der Waals surface area contributed by atoms with Crippen LogP contribution in [0.15, 0.2) is 36.4 Å². The molecule has 0 spiro atoms. The number of aromatic carboxylic acids is 1. The average Bonchev–Trinajstić information content (AvgIpc) is 2.43. The third kappa shape index (κ3) is 3.35. The maximum Gasteiger partial charge on any atom is 0.337 e. The number of rotatable bonds is 3. The lowest BCUT2D eigenvalue weighted by Crippen LogP contribution is -2.17. The summed E-state index contributed by atoms with van der Waals surface area (Å²) < 4.78 is 27.1. The zero-order valence-electron chi connectivity index (χ0n) is 10.4. The first kappa shape index (κ1) is 15.4. The van der Waals surface area contributed by atoms with Gasteiger partial charge in [-0.1, -0.05) is 6.07 Å². The van der Waals surface area contributed by atoms with Gasteiger partial charge in [0, 0.05) is 3.57 Å². The van der Waals surface area contributed by atoms with Crippen LogP contribution in [0, 0.1) is 15.2 Å². The molecular weight excluding hydrogens is 395 g/mol. The van der Waals surface area contributed by atoms with Gasteiger partial charge in [-0.25, -0.2) is 13.6 Å². The van der Waals surface area contributed by atoms with Crippen molar-refractivity contribution >= 4 is 40.2 Å². The molecule has 0 heterocycles. The highest BCUT2D eigenvalue weighted by atomic mass is 127. The second-order valence-corrected chi connectivity index (χ2v) is 5.21. The largest absolute Gasteiger partial charge is 0.478 e. The van der Waals surface area contributed by atoms with Crippen LogP contribution in [0.3, 0.4) is 0 Å². The van der Waals surface area contributed by atoms with Gasteiger partial charge in [0.05, 0.1) is 16.8 Å². The lowest BCUT2D eigenvalue weighted by molar-refractivity contribution is 0.0698. The first-order chi connectivity index (χ1) is 9.90. The molecule has 2 N–H and O–H groups in total. The van der Waals surface area contributed by atoms with E-state index >= 15 is 0 Å². The van der Waals surface area contributed by atoms with Gasteiger partial charge >= 0.3 is 5.97 Å². The highest BCUT2D eigenvalue weighted by Crippen LogP contribution is 2.24. The predicted molar refractivity (Wildman–Crippen MR) is 80.4 cm³/mol. The number of carboxylic acid groups (broad SMARTS) is 1. The van der Waals surface area contributed by atoms with Gasteiger partial charge in [-0.2, -0.15) is 0 Å². The van der Waals surface area contributed by atoms with Crippen LogP contribution in [0.1, 0.15) is 20.7 Å². The van der Waals surface area contributed by atoms with Crippen molar-refractivity contribution in [1.82, 2.24) is 0 Å². The van der Waals surface area contributed by atoms with Crippen LogP contribution in [0.5, 0.6) is 0 Å². The summed E-state index contributed by atoms with van der Waals surface area (Å²) in [5.41, 5.74) is -0.586. The van der Waals surface area contributed by atoms with Crippen molar-refractivity contribution in [3.8, 4) is 0 Å². The smallest absolute Gasteiger partial charge is 0.337 e. The Hall–Kier alpha value is -2.03. The summed E-state index contributed by atoms with van der Waals surface area (Å²) >= 11 is 1.84. The van der Waals surface area contributed by atoms with Crippen LogP contribution in [-0.2, 0) is 0 Å². The number of carboxylic acids is 1. The number of hydrogen-bond acceptors (Lipinski definition) is 2. The molecule has 0 atom stereocenters. The van der Waals surface area contributed by atoms with E-state index in [4.69, 9.17) is 5.11 Å². The third-order valence-electron chi connectivity index (χ3n) is 2.66. The molecule has 0 bridgehead atoms. The summed E-state index contributed by atoms with van der Waals surface area (Å²) in [6.45, 7) is 0. The quantitative estimate of drug-likeness (QED) is 0.771. The SMILES string of the molecule is O=C(Nc1c(I)cccc1C(=O)O)c1cc(F)ccc1F. The number of para-hydroxylation sites is 1. The van der Waals surface area contributed by atoms with Crippen LogP contribution < -0.4 is 5.32 Å². The molecule has 1 amide bonds. The molecule has 21 heavy (non-hydrogen) atoms. The van der Waals surface area contributed by atoms with Crippen LogP contribution in [0.4, 0.5) is 14.5 Å². The molecule has 0 aliphatic heterocycles. The van der Waals surface area contributed by atoms with Gasteiger partial charge in [-0.3, -0.25) is 4.79 Å². The van der Waals surface area contributed by atoms with Gasteiger partial charge in [0.1, 0.15) is 11.6 Å². The summed E-state index contributed by atoms with van der Waals surface area (Å²) in [6, 6.07) is 6.89. The summed E-state index contributed by atoms with van der Waals surface area (Å²) in [6.07, 6.45) is 0. The lowest BCUT2D eigenvalue weighted by atomic mass is 10.1. The van der Waals surface area contributed by atoms with E-state index < -0.39 is 29.1 Å². The van der Waals surface area contributed by atoms with E-state index in [2.05, 4.69) is 5.32 Å². The maximum absolute atomic E-state index is 13.5. The Bertz CT molecular complexity index is 734. The number of amides is 1. The van der Waals surface area contributed by atoms with E-state index in [0.717, 1.165) is 18.2 Å². The predicted octanol–water partition coefficient (Wildman–Crippen LogP) is 3.52. The number of hydrogen-bond donors (Lipinski definition) is 2. The number of anilines is 1. The highest BCUT2D eigenvalue weighted by molar-refractivity contribution is 14.1. The average molecular weight is 403 g/mol. The zero-order valence-corrected chi connectivity index (χ0v) is 12.5. The molecule has 108 valence electrons. The number of carbonyl (C=O) groups excluding carboxylic acids is 1. The fraction of sp³-hybridized carbons (Fsp3) is 0. The molecule has 7 heteroatoms. The van der Waals surface area contributed by atoms with Gasteiger partial charge < -0.3 is 10.4 Å². The van der Waals surface area contributed by atoms with Crippen molar-refractivity contribution in [2.45, 2.75) is 0 Å². The Morgan fingerprint density at radius 2 is 1.81 bits per heavy atom. The lowest BCUT2D eigenvalue weighted by Gasteiger charge is -2.11. The summed E-state index contributed by atoms with van der Waals surface area (Å²) in [5, 5.41) is 11.4. The van der Waals surface area contributed by atoms with Crippen LogP contribution in [0.25, 0.3) is 0 Å². The van der Waals surface area contributed by atoms with E-state index in [1.807, 2.05) is 22.6 Å². The zero-order chi connectivity index (χ0) is 15.6. The Morgan fingerprint density at radius 1 is 1.10 bits per heavy atom. The molecule has 0 radical (unpaired) electrons. The van der Waals surface area contributed by atoms with Crippen molar-refractivity contribution in [2.75, 3.05) is 5.32 Å². The first-order valence-electron chi connectivity index (χ1n) is 5.68. The summed E-state index contributed by atoms with van der Waals surface area (Å²) in [7, 11) is 0. The minimum Gasteiger partial charge on any atom is -0.478 e. The van der Waals surface area contributed by atoms with Gasteiger partial charge in [0.25, 0.3) is 5.91 Å². The van der Waals surface area contributed by atoms with Gasteiger partial charge in [0.15, 0.2) is 0 Å². The van der Waals surface area contributed by atoms with Crippen molar-refractivity contribution in [3.05, 3.63) is 62.7 Å². The number of nitrogens with one attached hydrogen (secondary N) is 1. The van der Waals surface area contributed by atoms with Gasteiger partial charge in [-0.05, 0) is 52.9 Å². The Labute approximate surface area is 131 Å². The first-order valence-corrected chi connectivity index (χ1v) is 6.76. The number of carbonyl (C=O) groups is 2. The molecule has 0 saturated carbocycles. The second kappa shape index (κ2) is 6.17. The molecule has 0 aromatic heterocycles. The number of benzene rings is 2. The van der Waals surface area contributed by atoms with Gasteiger partial charge in [-0.15, -0.1) is 0 Å². The van der Waals surface area contributed by atoms with E-state index in [-0.39, 0.29) is 11.3 Å². The van der Waals surface area contributed by atoms with Crippen molar-refractivity contribution in [1.29, 1.82) is 0 Å². The van der Waals surface area contributed by atoms with Crippen molar-refractivity contribution in [2.24, 2.45) is 0 Å². The Morgan fingerprint density at radius 3 is 2.48 bits per heavy atom. The molecule has 0 aliphatic carbocycles. The molecule has 0 unspecified atom stereocenters. The molecule has 0 aliphatic rings. The summed E-state index contributed by atoms with van der Waals surface area (Å²) in [4.78, 5) is 23.1. The second-order valence-electron chi connectivity index (χ2n) is 4.05. The molecule has 2 aromatic carbocycles. The van der Waals surface area contributed by atoms with Crippen LogP contribution >= 0.6 is 22.6 Å². The molecule has 0 fully saturated rings. The molecular formula is C14H8F2INO3. The van der Waals surface area contributed by atoms with E-state index in [9.17, 15) is 18.4 Å². The van der Waals surface area contributed by atoms with Crippen LogP contribution in [-0.4, -0.2) is 17.0 Å². The van der Waals surface area contributed by atoms with Crippen molar-refractivity contribution < 1.29 is 23.5 Å². The van der Waals surface area contributed by atoms with E-state index in [1.165, 1.54) is 12.1 Å². The fourth-order valence-electron chi connectivity index (χ4n) is 1.68. The molecule has 2 rings (SSSR count). The number of halogens is 3. The molecule has 0 saturated heterocycles. The third-order valence-corrected chi connectivity index (χ3v) is 3.55. The Kier molecular flexibility index (Phi) is 4.51. The topological polar surface area (TPSA) is 66.4 Å². The highest BCUT2D eigenvalue weighted by Gasteiger charge is 2.18. The van der Waals surface area contributed by atoms with E-state index in [1.54, 1.807) is 6.07 Å². The Balaban J connectivity index is 2.41. The molecule has 4 nitrogen and oxygen atoms in total. The van der Waals surface area contributed by atoms with Gasteiger partial charge in [0.2, 0.25) is 0 Å². The minimum absolute atomic E-state index is 0.0410. The maximum atomic E-state index is 13.5. The van der Waals surface area contributed by atoms with Crippen LogP contribution in [0.2, 0.25) is 0 Å². The van der Waals surface area contributed by atoms with E-state index in [0.29, 0.717) is 3.57 Å². The standard InChI is InChI=1S/C14H8F2INO3/c15-7-4-5-10(16)9(6-7)13(19)18-12-8(14(20)21)2-1-3-11(12)17/h1-6H,(H,18,19)(H,20,21). The fourth-order valence-corrected chi connectivity index (χ4v) is 2.31. The minimum atomic E-state index is -1.23. The molecule has 2 aromatic rings.